The van der Waals surface area contributed by atoms with E-state index in [1.54, 1.807) is 0 Å². The lowest BCUT2D eigenvalue weighted by atomic mass is 10.1. The van der Waals surface area contributed by atoms with Gasteiger partial charge in [0.2, 0.25) is 0 Å². The molecule has 0 bridgehead atoms. The summed E-state index contributed by atoms with van der Waals surface area (Å²) in [5.41, 5.74) is 0. The van der Waals surface area contributed by atoms with Crippen molar-refractivity contribution in [3.05, 3.63) is 12.2 Å². The van der Waals surface area contributed by atoms with Crippen LogP contribution in [0.25, 0.3) is 0 Å². The van der Waals surface area contributed by atoms with Crippen molar-refractivity contribution in [3.8, 4) is 0 Å². The maximum atomic E-state index is 11.4. The number of unbranched alkanes of at least 4 members (excludes halogenated alkanes) is 9. The van der Waals surface area contributed by atoms with Gasteiger partial charge in [0.1, 0.15) is 0 Å². The standard InChI is InChI=1S/C19H36O2/c1-3-5-7-8-9-10-11-12-13-14-15-16-17-19(20)21-18-6-4-2/h5,7H,3-4,6,8-18H2,1-2H3/b7-5+. The van der Waals surface area contributed by atoms with Gasteiger partial charge in [0, 0.05) is 6.42 Å². The van der Waals surface area contributed by atoms with Gasteiger partial charge in [-0.05, 0) is 32.1 Å². The summed E-state index contributed by atoms with van der Waals surface area (Å²) < 4.78 is 5.14. The number of esters is 1. The van der Waals surface area contributed by atoms with Gasteiger partial charge in [-0.15, -0.1) is 0 Å². The molecule has 0 radical (unpaired) electrons. The quantitative estimate of drug-likeness (QED) is 0.204. The van der Waals surface area contributed by atoms with Gasteiger partial charge in [-0.3, -0.25) is 4.79 Å². The van der Waals surface area contributed by atoms with Crippen LogP contribution >= 0.6 is 0 Å². The molecule has 2 nitrogen and oxygen atoms in total. The molecule has 124 valence electrons. The van der Waals surface area contributed by atoms with E-state index in [1.807, 2.05) is 0 Å². The number of carbonyl (C=O) groups excluding carboxylic acids is 1. The Labute approximate surface area is 132 Å². The summed E-state index contributed by atoms with van der Waals surface area (Å²) >= 11 is 0. The second-order valence-electron chi connectivity index (χ2n) is 5.82. The van der Waals surface area contributed by atoms with Crippen LogP contribution in [0.2, 0.25) is 0 Å². The largest absolute Gasteiger partial charge is 0.466 e. The maximum Gasteiger partial charge on any atom is 0.305 e. The number of carbonyl (C=O) groups is 1. The molecule has 21 heavy (non-hydrogen) atoms. The molecule has 0 aromatic carbocycles. The van der Waals surface area contributed by atoms with Crippen LogP contribution in [0.1, 0.15) is 97.3 Å². The minimum Gasteiger partial charge on any atom is -0.466 e. The molecule has 0 saturated heterocycles. The van der Waals surface area contributed by atoms with Crippen molar-refractivity contribution in [2.75, 3.05) is 6.61 Å². The highest BCUT2D eigenvalue weighted by Gasteiger charge is 2.01. The number of ether oxygens (including phenoxy) is 1. The maximum absolute atomic E-state index is 11.4. The second-order valence-corrected chi connectivity index (χ2v) is 5.82. The Bertz CT molecular complexity index is 246. The Kier molecular flexibility index (Phi) is 16.6. The molecule has 0 atom stereocenters. The summed E-state index contributed by atoms with van der Waals surface area (Å²) in [6.07, 6.45) is 19.8. The first-order chi connectivity index (χ1) is 10.3. The number of allylic oxidation sites excluding steroid dienone is 2. The third-order valence-corrected chi connectivity index (χ3v) is 3.67. The minimum absolute atomic E-state index is 0.0106. The van der Waals surface area contributed by atoms with Gasteiger partial charge >= 0.3 is 5.97 Å². The van der Waals surface area contributed by atoms with Crippen molar-refractivity contribution in [1.29, 1.82) is 0 Å². The first kappa shape index (κ1) is 20.2. The highest BCUT2D eigenvalue weighted by molar-refractivity contribution is 5.69. The topological polar surface area (TPSA) is 26.3 Å². The summed E-state index contributed by atoms with van der Waals surface area (Å²) in [5.74, 6) is -0.0106. The van der Waals surface area contributed by atoms with E-state index in [0.717, 1.165) is 25.7 Å². The molecule has 2 heteroatoms. The molecule has 0 heterocycles. The van der Waals surface area contributed by atoms with Gasteiger partial charge in [0.05, 0.1) is 6.61 Å². The van der Waals surface area contributed by atoms with Crippen molar-refractivity contribution in [3.63, 3.8) is 0 Å². The molecule has 0 aromatic heterocycles. The number of hydrogen-bond donors (Lipinski definition) is 0. The molecule has 0 N–H and O–H groups in total. The van der Waals surface area contributed by atoms with Crippen LogP contribution in [-0.2, 0) is 9.53 Å². The lowest BCUT2D eigenvalue weighted by Gasteiger charge is -2.04. The van der Waals surface area contributed by atoms with E-state index in [1.165, 1.54) is 51.4 Å². The van der Waals surface area contributed by atoms with Gasteiger partial charge in [-0.25, -0.2) is 0 Å². The normalized spacial score (nSPS) is 11.1. The van der Waals surface area contributed by atoms with E-state index < -0.39 is 0 Å². The van der Waals surface area contributed by atoms with E-state index in [9.17, 15) is 4.79 Å². The van der Waals surface area contributed by atoms with Gasteiger partial charge in [0.25, 0.3) is 0 Å². The van der Waals surface area contributed by atoms with E-state index in [2.05, 4.69) is 26.0 Å². The van der Waals surface area contributed by atoms with E-state index >= 15 is 0 Å². The highest BCUT2D eigenvalue weighted by Crippen LogP contribution is 2.11. The van der Waals surface area contributed by atoms with Crippen LogP contribution in [-0.4, -0.2) is 12.6 Å². The van der Waals surface area contributed by atoms with E-state index in [4.69, 9.17) is 4.74 Å². The van der Waals surface area contributed by atoms with Crippen molar-refractivity contribution < 1.29 is 9.53 Å². The Balaban J connectivity index is 3.11. The molecular weight excluding hydrogens is 260 g/mol. The van der Waals surface area contributed by atoms with E-state index in [0.29, 0.717) is 13.0 Å². The van der Waals surface area contributed by atoms with Crippen LogP contribution in [0.5, 0.6) is 0 Å². The summed E-state index contributed by atoms with van der Waals surface area (Å²) in [6.45, 7) is 4.89. The molecule has 0 aromatic rings. The molecule has 0 saturated carbocycles. The fraction of sp³-hybridized carbons (Fsp3) is 0.842. The molecule has 0 aliphatic heterocycles. The molecule has 0 aliphatic carbocycles. The fourth-order valence-electron chi connectivity index (χ4n) is 2.28. The van der Waals surface area contributed by atoms with Gasteiger partial charge in [0.15, 0.2) is 0 Å². The summed E-state index contributed by atoms with van der Waals surface area (Å²) in [6, 6.07) is 0. The summed E-state index contributed by atoms with van der Waals surface area (Å²) in [5, 5.41) is 0. The molecule has 0 fully saturated rings. The van der Waals surface area contributed by atoms with Crippen LogP contribution in [0.15, 0.2) is 12.2 Å². The fourth-order valence-corrected chi connectivity index (χ4v) is 2.28. The van der Waals surface area contributed by atoms with Crippen LogP contribution in [0, 0.1) is 0 Å². The lowest BCUT2D eigenvalue weighted by Crippen LogP contribution is -2.05. The van der Waals surface area contributed by atoms with Crippen LogP contribution in [0.3, 0.4) is 0 Å². The third-order valence-electron chi connectivity index (χ3n) is 3.67. The SMILES string of the molecule is CC/C=C/CCCCCCCCCCC(=O)OCCCC. The Morgan fingerprint density at radius 2 is 1.43 bits per heavy atom. The van der Waals surface area contributed by atoms with E-state index in [-0.39, 0.29) is 5.97 Å². The zero-order chi connectivity index (χ0) is 15.6. The van der Waals surface area contributed by atoms with Crippen molar-refractivity contribution in [1.82, 2.24) is 0 Å². The van der Waals surface area contributed by atoms with Crippen LogP contribution < -0.4 is 0 Å². The monoisotopic (exact) mass is 296 g/mol. The van der Waals surface area contributed by atoms with Gasteiger partial charge < -0.3 is 4.74 Å². The number of rotatable bonds is 15. The first-order valence-electron chi connectivity index (χ1n) is 9.11. The summed E-state index contributed by atoms with van der Waals surface area (Å²) in [7, 11) is 0. The highest BCUT2D eigenvalue weighted by atomic mass is 16.5. The van der Waals surface area contributed by atoms with Gasteiger partial charge in [-0.1, -0.05) is 70.9 Å². The minimum atomic E-state index is -0.0106. The molecule has 0 unspecified atom stereocenters. The van der Waals surface area contributed by atoms with Crippen LogP contribution in [0.4, 0.5) is 0 Å². The second kappa shape index (κ2) is 17.3. The Morgan fingerprint density at radius 3 is 2.05 bits per heavy atom. The molecular formula is C19H36O2. The molecule has 0 aliphatic rings. The Hall–Kier alpha value is -0.790. The number of hydrogen-bond acceptors (Lipinski definition) is 2. The zero-order valence-corrected chi connectivity index (χ0v) is 14.4. The molecule has 0 spiro atoms. The van der Waals surface area contributed by atoms with Crippen molar-refractivity contribution in [2.24, 2.45) is 0 Å². The third kappa shape index (κ3) is 17.2. The predicted octanol–water partition coefficient (Wildman–Crippen LogP) is 6.20. The lowest BCUT2D eigenvalue weighted by molar-refractivity contribution is -0.143. The molecule has 0 rings (SSSR count). The summed E-state index contributed by atoms with van der Waals surface area (Å²) in [4.78, 5) is 11.4. The van der Waals surface area contributed by atoms with Crippen molar-refractivity contribution >= 4 is 5.97 Å². The average molecular weight is 296 g/mol. The molecule has 0 amide bonds. The smallest absolute Gasteiger partial charge is 0.305 e. The predicted molar refractivity (Wildman–Crippen MR) is 91.5 cm³/mol. The average Bonchev–Trinajstić information content (AvgIpc) is 2.48. The first-order valence-corrected chi connectivity index (χ1v) is 9.11. The van der Waals surface area contributed by atoms with Crippen molar-refractivity contribution in [2.45, 2.75) is 97.3 Å². The zero-order valence-electron chi connectivity index (χ0n) is 14.4. The van der Waals surface area contributed by atoms with Gasteiger partial charge in [-0.2, -0.15) is 0 Å². The Morgan fingerprint density at radius 1 is 0.810 bits per heavy atom.